The van der Waals surface area contributed by atoms with Crippen molar-refractivity contribution in [2.75, 3.05) is 32.8 Å². The Bertz CT molecular complexity index is 827. The van der Waals surface area contributed by atoms with E-state index in [4.69, 9.17) is 9.15 Å². The number of nitrogens with one attached hydrogen (secondary N) is 2. The molecule has 3 heterocycles. The molecule has 0 saturated carbocycles. The van der Waals surface area contributed by atoms with E-state index in [0.717, 1.165) is 18.8 Å². The average Bonchev–Trinajstić information content (AvgIpc) is 3.45. The van der Waals surface area contributed by atoms with Gasteiger partial charge in [-0.1, -0.05) is 0 Å². The number of likely N-dealkylation sites (tertiary alicyclic amines) is 1. The number of aliphatic imine (C=N–C) groups is 1. The number of alkyl halides is 3. The highest BCUT2D eigenvalue weighted by Crippen LogP contribution is 2.25. The molecule has 0 aliphatic carbocycles. The van der Waals surface area contributed by atoms with Crippen LogP contribution >= 0.6 is 24.0 Å². The van der Waals surface area contributed by atoms with Gasteiger partial charge in [0.05, 0.1) is 18.8 Å². The molecule has 0 amide bonds. The van der Waals surface area contributed by atoms with Gasteiger partial charge in [-0.25, -0.2) is 9.98 Å². The molecule has 1 fully saturated rings. The van der Waals surface area contributed by atoms with Crippen molar-refractivity contribution >= 4 is 29.9 Å². The van der Waals surface area contributed by atoms with Gasteiger partial charge in [-0.05, 0) is 56.6 Å². The first kappa shape index (κ1) is 26.2. The lowest BCUT2D eigenvalue weighted by Crippen LogP contribution is -2.42. The van der Waals surface area contributed by atoms with Gasteiger partial charge >= 0.3 is 6.18 Å². The van der Waals surface area contributed by atoms with Gasteiger partial charge in [0.25, 0.3) is 0 Å². The SMILES string of the molecule is CCNC(=NCc1ccnc(OCC(F)(F)F)c1)NCC(c1ccco1)N1CCCC1.I. The molecule has 0 spiro atoms. The molecular weight excluding hydrogens is 538 g/mol. The molecule has 1 atom stereocenters. The van der Waals surface area contributed by atoms with Gasteiger partial charge in [0.15, 0.2) is 12.6 Å². The third-order valence-electron chi connectivity index (χ3n) is 4.86. The Morgan fingerprint density at radius 2 is 2.06 bits per heavy atom. The van der Waals surface area contributed by atoms with Crippen LogP contribution in [0.5, 0.6) is 5.88 Å². The summed E-state index contributed by atoms with van der Waals surface area (Å²) in [7, 11) is 0. The summed E-state index contributed by atoms with van der Waals surface area (Å²) in [4.78, 5) is 10.8. The van der Waals surface area contributed by atoms with Crippen molar-refractivity contribution in [2.24, 2.45) is 4.99 Å². The molecule has 1 saturated heterocycles. The van der Waals surface area contributed by atoms with Crippen LogP contribution in [0.15, 0.2) is 46.1 Å². The molecule has 2 aromatic heterocycles. The van der Waals surface area contributed by atoms with Gasteiger partial charge in [-0.15, -0.1) is 24.0 Å². The molecule has 1 aliphatic rings. The molecule has 11 heteroatoms. The molecule has 0 aromatic carbocycles. The summed E-state index contributed by atoms with van der Waals surface area (Å²) in [5.41, 5.74) is 0.700. The zero-order valence-corrected chi connectivity index (χ0v) is 20.2. The van der Waals surface area contributed by atoms with Crippen LogP contribution < -0.4 is 15.4 Å². The van der Waals surface area contributed by atoms with Crippen molar-refractivity contribution < 1.29 is 22.3 Å². The topological polar surface area (TPSA) is 74.9 Å². The van der Waals surface area contributed by atoms with Gasteiger partial charge in [-0.2, -0.15) is 13.2 Å². The predicted octanol–water partition coefficient (Wildman–Crippen LogP) is 4.13. The van der Waals surface area contributed by atoms with Crippen molar-refractivity contribution in [3.05, 3.63) is 48.0 Å². The van der Waals surface area contributed by atoms with Crippen LogP contribution in [0.25, 0.3) is 0 Å². The fourth-order valence-corrected chi connectivity index (χ4v) is 3.43. The minimum Gasteiger partial charge on any atom is -0.468 e. The van der Waals surface area contributed by atoms with E-state index < -0.39 is 12.8 Å². The van der Waals surface area contributed by atoms with E-state index in [1.165, 1.54) is 25.1 Å². The Kier molecular flexibility index (Phi) is 10.6. The number of rotatable bonds is 9. The lowest BCUT2D eigenvalue weighted by molar-refractivity contribution is -0.154. The lowest BCUT2D eigenvalue weighted by atomic mass is 10.2. The second-order valence-corrected chi connectivity index (χ2v) is 7.26. The maximum Gasteiger partial charge on any atom is 0.422 e. The van der Waals surface area contributed by atoms with E-state index in [1.807, 2.05) is 19.1 Å². The first-order chi connectivity index (χ1) is 14.9. The maximum atomic E-state index is 12.3. The van der Waals surface area contributed by atoms with Gasteiger partial charge < -0.3 is 19.8 Å². The van der Waals surface area contributed by atoms with E-state index in [1.54, 1.807) is 12.3 Å². The minimum absolute atomic E-state index is 0. The zero-order valence-electron chi connectivity index (χ0n) is 17.9. The summed E-state index contributed by atoms with van der Waals surface area (Å²) in [6, 6.07) is 7.14. The Morgan fingerprint density at radius 1 is 1.28 bits per heavy atom. The molecular formula is C21H29F3IN5O2. The predicted molar refractivity (Wildman–Crippen MR) is 126 cm³/mol. The lowest BCUT2D eigenvalue weighted by Gasteiger charge is -2.26. The number of pyridine rings is 1. The quantitative estimate of drug-likeness (QED) is 0.270. The van der Waals surface area contributed by atoms with Crippen molar-refractivity contribution in [3.63, 3.8) is 0 Å². The molecule has 32 heavy (non-hydrogen) atoms. The van der Waals surface area contributed by atoms with E-state index in [2.05, 4.69) is 25.5 Å². The van der Waals surface area contributed by atoms with Crippen molar-refractivity contribution in [3.8, 4) is 5.88 Å². The second kappa shape index (κ2) is 12.9. The van der Waals surface area contributed by atoms with Crippen molar-refractivity contribution in [1.82, 2.24) is 20.5 Å². The first-order valence-electron chi connectivity index (χ1n) is 10.4. The smallest absolute Gasteiger partial charge is 0.422 e. The first-order valence-corrected chi connectivity index (χ1v) is 10.4. The van der Waals surface area contributed by atoms with Crippen LogP contribution in [-0.4, -0.2) is 54.8 Å². The minimum atomic E-state index is -4.40. The Morgan fingerprint density at radius 3 is 2.72 bits per heavy atom. The number of ether oxygens (including phenoxy) is 1. The number of aromatic nitrogens is 1. The fraction of sp³-hybridized carbons (Fsp3) is 0.524. The van der Waals surface area contributed by atoms with Gasteiger partial charge in [-0.3, -0.25) is 4.90 Å². The third kappa shape index (κ3) is 8.49. The number of hydrogen-bond donors (Lipinski definition) is 2. The summed E-state index contributed by atoms with van der Waals surface area (Å²) >= 11 is 0. The Labute approximate surface area is 202 Å². The number of hydrogen-bond acceptors (Lipinski definition) is 5. The van der Waals surface area contributed by atoms with Crippen LogP contribution in [0.4, 0.5) is 13.2 Å². The van der Waals surface area contributed by atoms with Crippen LogP contribution in [0, 0.1) is 0 Å². The van der Waals surface area contributed by atoms with Gasteiger partial charge in [0, 0.05) is 25.4 Å². The van der Waals surface area contributed by atoms with E-state index in [-0.39, 0.29) is 42.4 Å². The number of furan rings is 1. The van der Waals surface area contributed by atoms with E-state index >= 15 is 0 Å². The molecule has 1 aliphatic heterocycles. The maximum absolute atomic E-state index is 12.3. The highest BCUT2D eigenvalue weighted by Gasteiger charge is 2.28. The van der Waals surface area contributed by atoms with Crippen molar-refractivity contribution in [2.45, 2.75) is 38.5 Å². The third-order valence-corrected chi connectivity index (χ3v) is 4.86. The standard InChI is InChI=1S/C21H28F3N5O2.HI/c1-2-25-20(27-13-16-7-8-26-19(12-16)31-15-21(22,23)24)28-14-17(18-6-5-11-30-18)29-9-3-4-10-29;/h5-8,11-12,17H,2-4,9-10,13-15H2,1H3,(H2,25,27,28);1H. The molecule has 1 unspecified atom stereocenters. The Hall–Kier alpha value is -2.02. The van der Waals surface area contributed by atoms with Gasteiger partial charge in [0.2, 0.25) is 5.88 Å². The molecule has 7 nitrogen and oxygen atoms in total. The van der Waals surface area contributed by atoms with E-state index in [9.17, 15) is 13.2 Å². The highest BCUT2D eigenvalue weighted by atomic mass is 127. The van der Waals surface area contributed by atoms with E-state index in [0.29, 0.717) is 24.6 Å². The summed E-state index contributed by atoms with van der Waals surface area (Å²) in [6.07, 6.45) is 1.03. The Balaban J connectivity index is 0.00000363. The monoisotopic (exact) mass is 567 g/mol. The highest BCUT2D eigenvalue weighted by molar-refractivity contribution is 14.0. The molecule has 3 rings (SSSR count). The molecule has 178 valence electrons. The van der Waals surface area contributed by atoms with Crippen molar-refractivity contribution in [1.29, 1.82) is 0 Å². The van der Waals surface area contributed by atoms with Crippen LogP contribution in [0.1, 0.15) is 37.1 Å². The number of guanidine groups is 1. The number of halogens is 4. The van der Waals surface area contributed by atoms with Crippen LogP contribution in [0.2, 0.25) is 0 Å². The molecule has 0 bridgehead atoms. The van der Waals surface area contributed by atoms with Crippen LogP contribution in [0.3, 0.4) is 0 Å². The number of nitrogens with zero attached hydrogens (tertiary/aromatic N) is 3. The second-order valence-electron chi connectivity index (χ2n) is 7.26. The molecule has 2 N–H and O–H groups in total. The zero-order chi connectivity index (χ0) is 22.1. The normalized spacial score (nSPS) is 15.8. The summed E-state index contributed by atoms with van der Waals surface area (Å²) in [5.74, 6) is 1.45. The summed E-state index contributed by atoms with van der Waals surface area (Å²) in [6.45, 7) is 4.22. The fourth-order valence-electron chi connectivity index (χ4n) is 3.43. The molecule has 0 radical (unpaired) electrons. The van der Waals surface area contributed by atoms with Crippen LogP contribution in [-0.2, 0) is 6.54 Å². The molecule has 2 aromatic rings. The largest absolute Gasteiger partial charge is 0.468 e. The average molecular weight is 567 g/mol. The summed E-state index contributed by atoms with van der Waals surface area (Å²) in [5, 5.41) is 6.56. The summed E-state index contributed by atoms with van der Waals surface area (Å²) < 4.78 is 47.4. The van der Waals surface area contributed by atoms with Gasteiger partial charge in [0.1, 0.15) is 5.76 Å².